The maximum absolute atomic E-state index is 9.77. The molecular weight excluding hydrogens is 290 g/mol. The predicted octanol–water partition coefficient (Wildman–Crippen LogP) is 2.87. The fraction of sp³-hybridized carbons (Fsp3) is 0.235. The van der Waals surface area contributed by atoms with Gasteiger partial charge >= 0.3 is 0 Å². The molecule has 1 aliphatic heterocycles. The normalized spacial score (nSPS) is 16.2. The van der Waals surface area contributed by atoms with Crippen molar-refractivity contribution in [1.29, 1.82) is 0 Å². The van der Waals surface area contributed by atoms with Crippen molar-refractivity contribution >= 4 is 5.69 Å². The van der Waals surface area contributed by atoms with Crippen LogP contribution in [0, 0.1) is 6.92 Å². The molecule has 0 fully saturated rings. The summed E-state index contributed by atoms with van der Waals surface area (Å²) in [5.41, 5.74) is 3.51. The molecule has 4 rings (SSSR count). The number of nitrogens with one attached hydrogen (secondary N) is 1. The Bertz CT molecular complexity index is 886. The third-order valence-corrected chi connectivity index (χ3v) is 4.07. The second-order valence-electron chi connectivity index (χ2n) is 5.86. The first-order valence-electron chi connectivity index (χ1n) is 7.60. The van der Waals surface area contributed by atoms with Crippen LogP contribution in [-0.2, 0) is 0 Å². The van der Waals surface area contributed by atoms with Crippen LogP contribution in [0.5, 0.6) is 5.75 Å². The molecule has 6 nitrogen and oxygen atoms in total. The molecule has 0 saturated carbocycles. The van der Waals surface area contributed by atoms with Crippen LogP contribution in [0.1, 0.15) is 24.4 Å². The number of anilines is 1. The van der Waals surface area contributed by atoms with Crippen molar-refractivity contribution in [3.8, 4) is 23.0 Å². The third-order valence-electron chi connectivity index (χ3n) is 4.07. The highest BCUT2D eigenvalue weighted by molar-refractivity contribution is 5.68. The summed E-state index contributed by atoms with van der Waals surface area (Å²) in [7, 11) is 0. The van der Waals surface area contributed by atoms with E-state index < -0.39 is 0 Å². The number of pyridine rings is 1. The van der Waals surface area contributed by atoms with Crippen LogP contribution in [0.25, 0.3) is 17.2 Å². The lowest BCUT2D eigenvalue weighted by Gasteiger charge is -2.12. The molecule has 6 heteroatoms. The van der Waals surface area contributed by atoms with Crippen LogP contribution in [0.3, 0.4) is 0 Å². The van der Waals surface area contributed by atoms with Gasteiger partial charge in [0.15, 0.2) is 5.82 Å². The fourth-order valence-electron chi connectivity index (χ4n) is 2.90. The van der Waals surface area contributed by atoms with Gasteiger partial charge in [-0.25, -0.2) is 4.98 Å². The van der Waals surface area contributed by atoms with Crippen LogP contribution in [0.2, 0.25) is 0 Å². The zero-order valence-electron chi connectivity index (χ0n) is 13.0. The van der Waals surface area contributed by atoms with Gasteiger partial charge in [-0.3, -0.25) is 4.57 Å². The Morgan fingerprint density at radius 2 is 2.09 bits per heavy atom. The topological polar surface area (TPSA) is 75.9 Å². The summed E-state index contributed by atoms with van der Waals surface area (Å²) in [6.07, 6.45) is 0. The van der Waals surface area contributed by atoms with Crippen molar-refractivity contribution in [1.82, 2.24) is 19.7 Å². The van der Waals surface area contributed by atoms with Crippen molar-refractivity contribution in [3.05, 3.63) is 47.9 Å². The van der Waals surface area contributed by atoms with Crippen LogP contribution < -0.4 is 5.32 Å². The lowest BCUT2D eigenvalue weighted by atomic mass is 10.1. The number of hydrogen-bond acceptors (Lipinski definition) is 5. The summed E-state index contributed by atoms with van der Waals surface area (Å²) < 4.78 is 2.03. The highest BCUT2D eigenvalue weighted by Gasteiger charge is 2.25. The quantitative estimate of drug-likeness (QED) is 0.723. The molecule has 3 heterocycles. The molecule has 0 saturated heterocycles. The number of nitrogens with zero attached hydrogens (tertiary/aromatic N) is 4. The average Bonchev–Trinajstić information content (AvgIpc) is 2.92. The van der Waals surface area contributed by atoms with Gasteiger partial charge in [-0.1, -0.05) is 13.0 Å². The van der Waals surface area contributed by atoms with Crippen LogP contribution in [-0.4, -0.2) is 31.4 Å². The number of phenolic OH excluding ortho intramolecular Hbond substituents is 1. The van der Waals surface area contributed by atoms with Gasteiger partial charge in [-0.05, 0) is 31.2 Å². The van der Waals surface area contributed by atoms with E-state index in [1.54, 1.807) is 12.1 Å². The van der Waals surface area contributed by atoms with Gasteiger partial charge in [0.05, 0.1) is 11.4 Å². The van der Waals surface area contributed by atoms with Crippen LogP contribution in [0.4, 0.5) is 5.69 Å². The van der Waals surface area contributed by atoms with Gasteiger partial charge in [0, 0.05) is 24.2 Å². The van der Waals surface area contributed by atoms with E-state index in [4.69, 9.17) is 0 Å². The zero-order chi connectivity index (χ0) is 16.0. The summed E-state index contributed by atoms with van der Waals surface area (Å²) in [5.74, 6) is 2.03. The number of phenols is 1. The highest BCUT2D eigenvalue weighted by atomic mass is 16.3. The van der Waals surface area contributed by atoms with E-state index in [2.05, 4.69) is 27.4 Å². The summed E-state index contributed by atoms with van der Waals surface area (Å²) in [4.78, 5) is 4.58. The average molecular weight is 307 g/mol. The Labute approximate surface area is 133 Å². The van der Waals surface area contributed by atoms with Gasteiger partial charge in [0.1, 0.15) is 17.3 Å². The molecule has 0 aliphatic carbocycles. The molecule has 1 atom stereocenters. The van der Waals surface area contributed by atoms with Gasteiger partial charge in [-0.15, -0.1) is 10.2 Å². The Balaban J connectivity index is 1.99. The fourth-order valence-corrected chi connectivity index (χ4v) is 2.90. The SMILES string of the molecule is Cc1cccc(-c2nnc3n2-c2ccc(O)cc2NC[C@H]3C)n1. The number of rotatable bonds is 1. The maximum atomic E-state index is 9.77. The number of aromatic hydroxyl groups is 1. The lowest BCUT2D eigenvalue weighted by molar-refractivity contribution is 0.475. The number of aryl methyl sites for hydroxylation is 1. The lowest BCUT2D eigenvalue weighted by Crippen LogP contribution is -2.09. The van der Waals surface area contributed by atoms with E-state index in [0.29, 0.717) is 5.82 Å². The first-order chi connectivity index (χ1) is 11.1. The number of benzene rings is 1. The summed E-state index contributed by atoms with van der Waals surface area (Å²) in [6.45, 7) is 4.79. The standard InChI is InChI=1S/C17H17N5O/c1-10-9-18-14-8-12(23)6-7-15(14)22-16(10)20-21-17(22)13-5-3-4-11(2)19-13/h3-8,10,18,23H,9H2,1-2H3/t10-/m1/s1. The molecule has 0 bridgehead atoms. The first-order valence-corrected chi connectivity index (χ1v) is 7.60. The van der Waals surface area contributed by atoms with Crippen molar-refractivity contribution < 1.29 is 5.11 Å². The van der Waals surface area contributed by atoms with E-state index in [1.165, 1.54) is 0 Å². The minimum atomic E-state index is 0.190. The summed E-state index contributed by atoms with van der Waals surface area (Å²) >= 11 is 0. The van der Waals surface area contributed by atoms with E-state index in [1.807, 2.05) is 35.8 Å². The van der Waals surface area contributed by atoms with Crippen molar-refractivity contribution in [3.63, 3.8) is 0 Å². The van der Waals surface area contributed by atoms with Crippen molar-refractivity contribution in [2.45, 2.75) is 19.8 Å². The molecule has 0 unspecified atom stereocenters. The van der Waals surface area contributed by atoms with E-state index >= 15 is 0 Å². The third kappa shape index (κ3) is 2.23. The monoisotopic (exact) mass is 307 g/mol. The molecule has 3 aromatic rings. The van der Waals surface area contributed by atoms with Crippen LogP contribution >= 0.6 is 0 Å². The van der Waals surface area contributed by atoms with E-state index in [-0.39, 0.29) is 11.7 Å². The highest BCUT2D eigenvalue weighted by Crippen LogP contribution is 2.34. The molecule has 2 N–H and O–H groups in total. The Morgan fingerprint density at radius 1 is 1.22 bits per heavy atom. The molecule has 2 aromatic heterocycles. The first kappa shape index (κ1) is 13.8. The zero-order valence-corrected chi connectivity index (χ0v) is 13.0. The number of hydrogen-bond donors (Lipinski definition) is 2. The van der Waals surface area contributed by atoms with Crippen molar-refractivity contribution in [2.24, 2.45) is 0 Å². The molecular formula is C17H17N5O. The second kappa shape index (κ2) is 5.08. The van der Waals surface area contributed by atoms with Crippen LogP contribution in [0.15, 0.2) is 36.4 Å². The molecule has 0 spiro atoms. The summed E-state index contributed by atoms with van der Waals surface area (Å²) in [6, 6.07) is 11.1. The molecule has 0 amide bonds. The van der Waals surface area contributed by atoms with E-state index in [9.17, 15) is 5.11 Å². The van der Waals surface area contributed by atoms with Gasteiger partial charge in [0.2, 0.25) is 0 Å². The van der Waals surface area contributed by atoms with Crippen molar-refractivity contribution in [2.75, 3.05) is 11.9 Å². The molecule has 116 valence electrons. The largest absolute Gasteiger partial charge is 0.508 e. The maximum Gasteiger partial charge on any atom is 0.187 e. The van der Waals surface area contributed by atoms with Gasteiger partial charge in [0.25, 0.3) is 0 Å². The smallest absolute Gasteiger partial charge is 0.187 e. The Morgan fingerprint density at radius 3 is 2.91 bits per heavy atom. The number of fused-ring (bicyclic) bond motifs is 3. The summed E-state index contributed by atoms with van der Waals surface area (Å²) in [5, 5.41) is 21.9. The second-order valence-corrected chi connectivity index (χ2v) is 5.86. The predicted molar refractivity (Wildman–Crippen MR) is 87.9 cm³/mol. The Kier molecular flexibility index (Phi) is 3.04. The number of aromatic nitrogens is 4. The minimum absolute atomic E-state index is 0.190. The molecule has 0 radical (unpaired) electrons. The van der Waals surface area contributed by atoms with E-state index in [0.717, 1.165) is 35.1 Å². The van der Waals surface area contributed by atoms with Gasteiger partial charge < -0.3 is 10.4 Å². The Hall–Kier alpha value is -2.89. The minimum Gasteiger partial charge on any atom is -0.508 e. The molecule has 23 heavy (non-hydrogen) atoms. The van der Waals surface area contributed by atoms with Gasteiger partial charge in [-0.2, -0.15) is 0 Å². The molecule has 1 aromatic carbocycles. The molecule has 1 aliphatic rings.